The van der Waals surface area contributed by atoms with Crippen LogP contribution in [-0.2, 0) is 4.79 Å². The number of nitrogens with zero attached hydrogens (tertiary/aromatic N) is 1. The molecule has 3 N–H and O–H groups in total. The number of hydrogen-bond acceptors (Lipinski definition) is 4. The third-order valence-electron chi connectivity index (χ3n) is 3.41. The topological polar surface area (TPSA) is 83.1 Å². The van der Waals surface area contributed by atoms with E-state index in [1.54, 1.807) is 42.7 Å². The molecule has 0 aliphatic heterocycles. The Balaban J connectivity index is 1.65. The van der Waals surface area contributed by atoms with Gasteiger partial charge >= 0.3 is 0 Å². The van der Waals surface area contributed by atoms with E-state index in [9.17, 15) is 9.59 Å². The fraction of sp³-hybridized carbons (Fsp3) is 0.235. The second-order valence-electron chi connectivity index (χ2n) is 5.59. The first-order chi connectivity index (χ1) is 11.1. The minimum absolute atomic E-state index is 0.132. The van der Waals surface area contributed by atoms with Gasteiger partial charge < -0.3 is 16.0 Å². The molecule has 1 heterocycles. The van der Waals surface area contributed by atoms with Crippen molar-refractivity contribution in [2.45, 2.75) is 25.8 Å². The predicted octanol–water partition coefficient (Wildman–Crippen LogP) is 2.87. The molecule has 6 nitrogen and oxygen atoms in total. The van der Waals surface area contributed by atoms with Crippen LogP contribution < -0.4 is 16.0 Å². The van der Waals surface area contributed by atoms with Gasteiger partial charge in [0.2, 0.25) is 5.91 Å². The number of carbonyl (C=O) groups is 2. The molecule has 2 amide bonds. The summed E-state index contributed by atoms with van der Waals surface area (Å²) in [5.41, 5.74) is 2.71. The number of carbonyl (C=O) groups excluding carboxylic acids is 2. The lowest BCUT2D eigenvalue weighted by molar-refractivity contribution is -0.114. The van der Waals surface area contributed by atoms with Crippen molar-refractivity contribution in [3.63, 3.8) is 0 Å². The standard InChI is InChI=1S/C17H18N4O2/c1-11(22)19-13-2-6-15(7-3-13)21-17(23)12-8-16(10-18-9-12)20-14-4-5-14/h2-3,6-10,14,20H,4-5H2,1H3,(H,19,22)(H,21,23). The highest BCUT2D eigenvalue weighted by Crippen LogP contribution is 2.24. The van der Waals surface area contributed by atoms with Crippen LogP contribution in [0.25, 0.3) is 0 Å². The fourth-order valence-electron chi connectivity index (χ4n) is 2.15. The molecule has 1 aliphatic rings. The molecule has 1 fully saturated rings. The molecule has 0 saturated heterocycles. The van der Waals surface area contributed by atoms with Gasteiger partial charge in [0.05, 0.1) is 11.3 Å². The highest BCUT2D eigenvalue weighted by atomic mass is 16.2. The summed E-state index contributed by atoms with van der Waals surface area (Å²) in [6.45, 7) is 1.45. The van der Waals surface area contributed by atoms with Crippen molar-refractivity contribution in [3.8, 4) is 0 Å². The van der Waals surface area contributed by atoms with Gasteiger partial charge in [-0.15, -0.1) is 0 Å². The minimum Gasteiger partial charge on any atom is -0.381 e. The average Bonchev–Trinajstić information content (AvgIpc) is 3.33. The van der Waals surface area contributed by atoms with Gasteiger partial charge in [-0.25, -0.2) is 0 Å². The lowest BCUT2D eigenvalue weighted by Crippen LogP contribution is -2.13. The van der Waals surface area contributed by atoms with Gasteiger partial charge in [0.1, 0.15) is 0 Å². The normalized spacial score (nSPS) is 13.3. The number of aromatic nitrogens is 1. The zero-order valence-electron chi connectivity index (χ0n) is 12.8. The second kappa shape index (κ2) is 6.48. The Morgan fingerprint density at radius 2 is 1.65 bits per heavy atom. The third-order valence-corrected chi connectivity index (χ3v) is 3.41. The van der Waals surface area contributed by atoms with Crippen LogP contribution >= 0.6 is 0 Å². The maximum absolute atomic E-state index is 12.3. The Kier molecular flexibility index (Phi) is 4.23. The average molecular weight is 310 g/mol. The number of benzene rings is 1. The van der Waals surface area contributed by atoms with Crippen LogP contribution in [0.4, 0.5) is 17.1 Å². The van der Waals surface area contributed by atoms with Gasteiger partial charge in [0.15, 0.2) is 0 Å². The Labute approximate surface area is 134 Å². The highest BCUT2D eigenvalue weighted by Gasteiger charge is 2.21. The van der Waals surface area contributed by atoms with E-state index in [-0.39, 0.29) is 11.8 Å². The van der Waals surface area contributed by atoms with Crippen LogP contribution in [0.15, 0.2) is 42.7 Å². The van der Waals surface area contributed by atoms with Gasteiger partial charge in [0.25, 0.3) is 5.91 Å². The molecule has 1 aliphatic carbocycles. The minimum atomic E-state index is -0.218. The molecule has 1 aromatic carbocycles. The van der Waals surface area contributed by atoms with E-state index in [0.29, 0.717) is 23.0 Å². The van der Waals surface area contributed by atoms with Gasteiger partial charge in [0, 0.05) is 36.7 Å². The van der Waals surface area contributed by atoms with Crippen LogP contribution in [-0.4, -0.2) is 22.8 Å². The lowest BCUT2D eigenvalue weighted by atomic mass is 10.2. The van der Waals surface area contributed by atoms with E-state index < -0.39 is 0 Å². The largest absolute Gasteiger partial charge is 0.381 e. The van der Waals surface area contributed by atoms with E-state index in [2.05, 4.69) is 20.9 Å². The maximum atomic E-state index is 12.3. The molecule has 2 aromatic rings. The molecule has 6 heteroatoms. The zero-order chi connectivity index (χ0) is 16.2. The molecule has 118 valence electrons. The number of hydrogen-bond donors (Lipinski definition) is 3. The highest BCUT2D eigenvalue weighted by molar-refractivity contribution is 6.04. The molecule has 0 atom stereocenters. The van der Waals surface area contributed by atoms with E-state index in [0.717, 1.165) is 18.5 Å². The van der Waals surface area contributed by atoms with Crippen LogP contribution in [0.5, 0.6) is 0 Å². The molecular weight excluding hydrogens is 292 g/mol. The quantitative estimate of drug-likeness (QED) is 0.793. The molecule has 0 unspecified atom stereocenters. The number of rotatable bonds is 5. The summed E-state index contributed by atoms with van der Waals surface area (Å²) in [6.07, 6.45) is 5.59. The van der Waals surface area contributed by atoms with E-state index >= 15 is 0 Å². The lowest BCUT2D eigenvalue weighted by Gasteiger charge is -2.08. The fourth-order valence-corrected chi connectivity index (χ4v) is 2.15. The summed E-state index contributed by atoms with van der Waals surface area (Å²) in [7, 11) is 0. The first-order valence-electron chi connectivity index (χ1n) is 7.51. The van der Waals surface area contributed by atoms with E-state index in [1.165, 1.54) is 6.92 Å². The van der Waals surface area contributed by atoms with E-state index in [4.69, 9.17) is 0 Å². The first-order valence-corrected chi connectivity index (χ1v) is 7.51. The molecule has 3 rings (SSSR count). The second-order valence-corrected chi connectivity index (χ2v) is 5.59. The van der Waals surface area contributed by atoms with Crippen LogP contribution in [0, 0.1) is 0 Å². The van der Waals surface area contributed by atoms with Gasteiger partial charge in [-0.1, -0.05) is 0 Å². The molecule has 0 radical (unpaired) electrons. The van der Waals surface area contributed by atoms with Crippen molar-refractivity contribution in [3.05, 3.63) is 48.3 Å². The molecule has 1 saturated carbocycles. The van der Waals surface area contributed by atoms with Crippen molar-refractivity contribution in [1.82, 2.24) is 4.98 Å². The number of pyridine rings is 1. The summed E-state index contributed by atoms with van der Waals surface area (Å²) < 4.78 is 0. The summed E-state index contributed by atoms with van der Waals surface area (Å²) in [5, 5.41) is 8.81. The Hall–Kier alpha value is -2.89. The first kappa shape index (κ1) is 15.0. The Morgan fingerprint density at radius 3 is 2.26 bits per heavy atom. The van der Waals surface area contributed by atoms with Crippen LogP contribution in [0.1, 0.15) is 30.1 Å². The molecular formula is C17H18N4O2. The molecule has 1 aromatic heterocycles. The molecule has 0 bridgehead atoms. The summed E-state index contributed by atoms with van der Waals surface area (Å²) in [4.78, 5) is 27.4. The van der Waals surface area contributed by atoms with Gasteiger partial charge in [-0.05, 0) is 43.2 Å². The summed E-state index contributed by atoms with van der Waals surface area (Å²) in [5.74, 6) is -0.350. The van der Waals surface area contributed by atoms with Crippen molar-refractivity contribution >= 4 is 28.9 Å². The monoisotopic (exact) mass is 310 g/mol. The maximum Gasteiger partial charge on any atom is 0.257 e. The van der Waals surface area contributed by atoms with Crippen molar-refractivity contribution in [2.24, 2.45) is 0 Å². The van der Waals surface area contributed by atoms with Crippen LogP contribution in [0.2, 0.25) is 0 Å². The smallest absolute Gasteiger partial charge is 0.257 e. The number of amides is 2. The zero-order valence-corrected chi connectivity index (χ0v) is 12.8. The molecule has 0 spiro atoms. The predicted molar refractivity (Wildman–Crippen MR) is 89.6 cm³/mol. The van der Waals surface area contributed by atoms with Gasteiger partial charge in [-0.2, -0.15) is 0 Å². The van der Waals surface area contributed by atoms with Gasteiger partial charge in [-0.3, -0.25) is 14.6 Å². The van der Waals surface area contributed by atoms with E-state index in [1.807, 2.05) is 0 Å². The molecule has 23 heavy (non-hydrogen) atoms. The number of nitrogens with one attached hydrogen (secondary N) is 3. The van der Waals surface area contributed by atoms with Crippen LogP contribution in [0.3, 0.4) is 0 Å². The summed E-state index contributed by atoms with van der Waals surface area (Å²) in [6, 6.07) is 9.26. The third kappa shape index (κ3) is 4.29. The Bertz CT molecular complexity index is 724. The summed E-state index contributed by atoms with van der Waals surface area (Å²) >= 11 is 0. The van der Waals surface area contributed by atoms with Crippen molar-refractivity contribution in [2.75, 3.05) is 16.0 Å². The SMILES string of the molecule is CC(=O)Nc1ccc(NC(=O)c2cncc(NC3CC3)c2)cc1. The van der Waals surface area contributed by atoms with Crippen molar-refractivity contribution < 1.29 is 9.59 Å². The Morgan fingerprint density at radius 1 is 1.00 bits per heavy atom. The van der Waals surface area contributed by atoms with Crippen molar-refractivity contribution in [1.29, 1.82) is 0 Å². The number of anilines is 3.